The third kappa shape index (κ3) is 5.75. The molecule has 0 N–H and O–H groups in total. The van der Waals surface area contributed by atoms with Crippen molar-refractivity contribution in [1.82, 2.24) is 9.80 Å². The van der Waals surface area contributed by atoms with Gasteiger partial charge in [0.1, 0.15) is 13.2 Å². The highest BCUT2D eigenvalue weighted by molar-refractivity contribution is 7.16. The summed E-state index contributed by atoms with van der Waals surface area (Å²) < 4.78 is 41.0. The molecule has 1 fully saturated rings. The van der Waals surface area contributed by atoms with Crippen LogP contribution in [0.2, 0.25) is 4.34 Å². The molecule has 0 unspecified atom stereocenters. The van der Waals surface area contributed by atoms with Gasteiger partial charge in [0.25, 0.3) is 0 Å². The number of ether oxygens (including phenoxy) is 1. The number of amides is 1. The zero-order valence-electron chi connectivity index (χ0n) is 11.7. The molecule has 4 nitrogen and oxygen atoms in total. The highest BCUT2D eigenvalue weighted by atomic mass is 35.5. The molecule has 1 aromatic rings. The molecular weight excluding hydrogens is 341 g/mol. The van der Waals surface area contributed by atoms with Gasteiger partial charge in [-0.25, -0.2) is 0 Å². The van der Waals surface area contributed by atoms with Crippen LogP contribution in [0.5, 0.6) is 0 Å². The highest BCUT2D eigenvalue weighted by Gasteiger charge is 2.28. The maximum absolute atomic E-state index is 11.9. The van der Waals surface area contributed by atoms with Crippen molar-refractivity contribution in [1.29, 1.82) is 0 Å². The van der Waals surface area contributed by atoms with Crippen molar-refractivity contribution in [3.63, 3.8) is 0 Å². The SMILES string of the molecule is O=C(COCC(F)(F)F)N1CCN(Cc2ccc(Cl)s2)CC1. The van der Waals surface area contributed by atoms with Crippen molar-refractivity contribution >= 4 is 28.8 Å². The molecule has 2 heterocycles. The van der Waals surface area contributed by atoms with Crippen LogP contribution in [0.15, 0.2) is 12.1 Å². The molecule has 1 amide bonds. The van der Waals surface area contributed by atoms with E-state index in [0.29, 0.717) is 26.2 Å². The summed E-state index contributed by atoms with van der Waals surface area (Å²) in [6.07, 6.45) is -4.40. The number of thiophene rings is 1. The first kappa shape index (κ1) is 17.5. The fourth-order valence-corrected chi connectivity index (χ4v) is 3.29. The van der Waals surface area contributed by atoms with E-state index in [9.17, 15) is 18.0 Å². The molecular formula is C13H16ClF3N2O2S. The van der Waals surface area contributed by atoms with Crippen molar-refractivity contribution in [2.24, 2.45) is 0 Å². The molecule has 0 atom stereocenters. The van der Waals surface area contributed by atoms with E-state index in [1.807, 2.05) is 12.1 Å². The quantitative estimate of drug-likeness (QED) is 0.813. The fourth-order valence-electron chi connectivity index (χ4n) is 2.16. The smallest absolute Gasteiger partial charge is 0.362 e. The minimum atomic E-state index is -4.40. The molecule has 22 heavy (non-hydrogen) atoms. The summed E-state index contributed by atoms with van der Waals surface area (Å²) in [7, 11) is 0. The van der Waals surface area contributed by atoms with Gasteiger partial charge in [-0.3, -0.25) is 9.69 Å². The molecule has 1 saturated heterocycles. The van der Waals surface area contributed by atoms with Crippen molar-refractivity contribution in [2.75, 3.05) is 39.4 Å². The number of halogens is 4. The summed E-state index contributed by atoms with van der Waals surface area (Å²) in [5.74, 6) is -0.400. The van der Waals surface area contributed by atoms with E-state index in [1.54, 1.807) is 0 Å². The second kappa shape index (κ2) is 7.63. The molecule has 0 aliphatic carbocycles. The molecule has 0 spiro atoms. The topological polar surface area (TPSA) is 32.8 Å². The van der Waals surface area contributed by atoms with E-state index in [4.69, 9.17) is 11.6 Å². The normalized spacial score (nSPS) is 17.0. The van der Waals surface area contributed by atoms with Gasteiger partial charge in [-0.15, -0.1) is 11.3 Å². The Balaban J connectivity index is 1.69. The number of nitrogens with zero attached hydrogens (tertiary/aromatic N) is 2. The number of piperazine rings is 1. The third-order valence-corrected chi connectivity index (χ3v) is 4.44. The van der Waals surface area contributed by atoms with Crippen LogP contribution in [0.3, 0.4) is 0 Å². The summed E-state index contributed by atoms with van der Waals surface area (Å²) in [5, 5.41) is 0. The average molecular weight is 357 g/mol. The molecule has 0 aromatic carbocycles. The first-order valence-electron chi connectivity index (χ1n) is 6.72. The van der Waals surface area contributed by atoms with Crippen LogP contribution in [-0.4, -0.2) is 61.3 Å². The van der Waals surface area contributed by atoms with Crippen molar-refractivity contribution < 1.29 is 22.7 Å². The summed E-state index contributed by atoms with van der Waals surface area (Å²) in [5.41, 5.74) is 0. The van der Waals surface area contributed by atoms with Crippen molar-refractivity contribution in [3.8, 4) is 0 Å². The molecule has 1 aliphatic rings. The van der Waals surface area contributed by atoms with Crippen LogP contribution in [0.1, 0.15) is 4.88 Å². The lowest BCUT2D eigenvalue weighted by Crippen LogP contribution is -2.49. The number of hydrogen-bond donors (Lipinski definition) is 0. The molecule has 1 aliphatic heterocycles. The van der Waals surface area contributed by atoms with Crippen molar-refractivity contribution in [2.45, 2.75) is 12.7 Å². The second-order valence-electron chi connectivity index (χ2n) is 4.97. The lowest BCUT2D eigenvalue weighted by atomic mass is 10.3. The molecule has 2 rings (SSSR count). The standard InChI is InChI=1S/C13H16ClF3N2O2S/c14-11-2-1-10(22-11)7-18-3-5-19(6-4-18)12(20)8-21-9-13(15,16)17/h1-2H,3-9H2. The lowest BCUT2D eigenvalue weighted by molar-refractivity contribution is -0.178. The van der Waals surface area contributed by atoms with Crippen LogP contribution in [0.4, 0.5) is 13.2 Å². The van der Waals surface area contributed by atoms with Gasteiger partial charge < -0.3 is 9.64 Å². The van der Waals surface area contributed by atoms with Crippen LogP contribution in [-0.2, 0) is 16.1 Å². The summed E-state index contributed by atoms with van der Waals surface area (Å²) in [6.45, 7) is 1.20. The number of rotatable bonds is 5. The van der Waals surface area contributed by atoms with Gasteiger partial charge in [-0.1, -0.05) is 11.6 Å². The molecule has 0 saturated carbocycles. The largest absolute Gasteiger partial charge is 0.411 e. The van der Waals surface area contributed by atoms with Gasteiger partial charge in [0.05, 0.1) is 4.34 Å². The summed E-state index contributed by atoms with van der Waals surface area (Å²) in [4.78, 5) is 16.6. The molecule has 124 valence electrons. The van der Waals surface area contributed by atoms with E-state index in [-0.39, 0.29) is 0 Å². The predicted molar refractivity (Wildman–Crippen MR) is 78.1 cm³/mol. The average Bonchev–Trinajstić information content (AvgIpc) is 2.83. The summed E-state index contributed by atoms with van der Waals surface area (Å²) in [6, 6.07) is 3.81. The Morgan fingerprint density at radius 1 is 1.27 bits per heavy atom. The van der Waals surface area contributed by atoms with Gasteiger partial charge in [-0.05, 0) is 12.1 Å². The van der Waals surface area contributed by atoms with E-state index < -0.39 is 25.3 Å². The van der Waals surface area contributed by atoms with Crippen LogP contribution in [0, 0.1) is 0 Å². The third-order valence-electron chi connectivity index (χ3n) is 3.22. The van der Waals surface area contributed by atoms with Crippen LogP contribution < -0.4 is 0 Å². The first-order valence-corrected chi connectivity index (χ1v) is 7.92. The molecule has 1 aromatic heterocycles. The van der Waals surface area contributed by atoms with Crippen LogP contribution >= 0.6 is 22.9 Å². The Morgan fingerprint density at radius 3 is 2.50 bits per heavy atom. The first-order chi connectivity index (χ1) is 10.3. The van der Waals surface area contributed by atoms with E-state index in [0.717, 1.165) is 15.8 Å². The molecule has 0 bridgehead atoms. The Labute approximate surface area is 135 Å². The summed E-state index contributed by atoms with van der Waals surface area (Å²) >= 11 is 7.40. The van der Waals surface area contributed by atoms with E-state index in [1.165, 1.54) is 16.2 Å². The second-order valence-corrected chi connectivity index (χ2v) is 6.77. The number of hydrogen-bond acceptors (Lipinski definition) is 4. The Morgan fingerprint density at radius 2 is 1.95 bits per heavy atom. The highest BCUT2D eigenvalue weighted by Crippen LogP contribution is 2.23. The van der Waals surface area contributed by atoms with Gasteiger partial charge in [0.15, 0.2) is 0 Å². The lowest BCUT2D eigenvalue weighted by Gasteiger charge is -2.34. The Hall–Kier alpha value is -0.830. The maximum Gasteiger partial charge on any atom is 0.411 e. The Bertz CT molecular complexity index is 502. The Kier molecular flexibility index (Phi) is 6.08. The van der Waals surface area contributed by atoms with Gasteiger partial charge in [-0.2, -0.15) is 13.2 Å². The van der Waals surface area contributed by atoms with Crippen molar-refractivity contribution in [3.05, 3.63) is 21.3 Å². The van der Waals surface area contributed by atoms with Gasteiger partial charge in [0.2, 0.25) is 5.91 Å². The maximum atomic E-state index is 11.9. The zero-order valence-corrected chi connectivity index (χ0v) is 13.3. The number of alkyl halides is 3. The molecule has 9 heteroatoms. The van der Waals surface area contributed by atoms with Gasteiger partial charge in [0, 0.05) is 37.6 Å². The zero-order chi connectivity index (χ0) is 16.2. The van der Waals surface area contributed by atoms with Gasteiger partial charge >= 0.3 is 6.18 Å². The minimum absolute atomic E-state index is 0.400. The monoisotopic (exact) mass is 356 g/mol. The number of carbonyl (C=O) groups excluding carboxylic acids is 1. The van der Waals surface area contributed by atoms with Crippen LogP contribution in [0.25, 0.3) is 0 Å². The predicted octanol–water partition coefficient (Wildman–Crippen LogP) is 2.62. The molecule has 0 radical (unpaired) electrons. The minimum Gasteiger partial charge on any atom is -0.362 e. The van der Waals surface area contributed by atoms with E-state index in [2.05, 4.69) is 9.64 Å². The van der Waals surface area contributed by atoms with E-state index >= 15 is 0 Å². The fraction of sp³-hybridized carbons (Fsp3) is 0.615. The number of carbonyl (C=O) groups is 1.